The van der Waals surface area contributed by atoms with Crippen molar-refractivity contribution in [2.75, 3.05) is 0 Å². The molecule has 0 unspecified atom stereocenters. The van der Waals surface area contributed by atoms with Crippen LogP contribution in [0, 0.1) is 0 Å². The van der Waals surface area contributed by atoms with Crippen LogP contribution in [-0.2, 0) is 0 Å². The molecule has 2 nitrogen and oxygen atoms in total. The van der Waals surface area contributed by atoms with E-state index in [2.05, 4.69) is 34.9 Å². The first-order valence-corrected chi connectivity index (χ1v) is 7.87. The van der Waals surface area contributed by atoms with Crippen LogP contribution in [0.3, 0.4) is 0 Å². The molecule has 0 radical (unpaired) electrons. The molecule has 0 saturated heterocycles. The van der Waals surface area contributed by atoms with E-state index in [1.54, 1.807) is 0 Å². The Bertz CT molecular complexity index is 1170. The second-order valence-electron chi connectivity index (χ2n) is 5.61. The highest BCUT2D eigenvalue weighted by molar-refractivity contribution is 6.30. The minimum Gasteiger partial charge on any atom is -0.439 e. The normalized spacial score (nSPS) is 11.7. The van der Waals surface area contributed by atoms with E-state index >= 15 is 0 Å². The van der Waals surface area contributed by atoms with Crippen LogP contribution in [0.15, 0.2) is 77.2 Å². The lowest BCUT2D eigenvalue weighted by Crippen LogP contribution is -1.92. The Hall–Kier alpha value is -2.71. The maximum Gasteiger partial charge on any atom is 0.213 e. The summed E-state index contributed by atoms with van der Waals surface area (Å²) in [5.41, 5.74) is 3.95. The number of fused-ring (bicyclic) bond motifs is 5. The van der Waals surface area contributed by atoms with Crippen molar-refractivity contribution in [3.8, 4) is 5.69 Å². The first-order chi connectivity index (χ1) is 11.3. The first kappa shape index (κ1) is 12.8. The molecule has 3 heteroatoms. The maximum atomic E-state index is 6.18. The number of rotatable bonds is 1. The lowest BCUT2D eigenvalue weighted by molar-refractivity contribution is 0.645. The first-order valence-electron chi connectivity index (χ1n) is 7.49. The van der Waals surface area contributed by atoms with Gasteiger partial charge >= 0.3 is 0 Å². The largest absolute Gasteiger partial charge is 0.439 e. The van der Waals surface area contributed by atoms with E-state index in [-0.39, 0.29) is 0 Å². The Balaban J connectivity index is 2.01. The number of nitrogens with zero attached hydrogens (tertiary/aromatic N) is 1. The van der Waals surface area contributed by atoms with Gasteiger partial charge in [-0.05, 0) is 36.4 Å². The summed E-state index contributed by atoms with van der Waals surface area (Å²) < 4.78 is 8.34. The zero-order valence-electron chi connectivity index (χ0n) is 12.2. The highest BCUT2D eigenvalue weighted by Gasteiger charge is 2.18. The fourth-order valence-electron chi connectivity index (χ4n) is 3.29. The van der Waals surface area contributed by atoms with E-state index in [4.69, 9.17) is 16.0 Å². The summed E-state index contributed by atoms with van der Waals surface area (Å²) in [6.07, 6.45) is 0. The SMILES string of the molecule is Clc1ccc(-n2c3ccccc3c3c4ccccc4oc32)cc1. The third kappa shape index (κ3) is 1.76. The van der Waals surface area contributed by atoms with Crippen molar-refractivity contribution in [3.05, 3.63) is 77.8 Å². The topological polar surface area (TPSA) is 18.1 Å². The summed E-state index contributed by atoms with van der Waals surface area (Å²) in [6.45, 7) is 0. The van der Waals surface area contributed by atoms with Crippen LogP contribution in [0.5, 0.6) is 0 Å². The second-order valence-corrected chi connectivity index (χ2v) is 6.04. The molecular formula is C20H12ClNO. The molecule has 0 spiro atoms. The van der Waals surface area contributed by atoms with Crippen LogP contribution in [0.4, 0.5) is 0 Å². The van der Waals surface area contributed by atoms with Crippen LogP contribution < -0.4 is 0 Å². The Morgan fingerprint density at radius 3 is 2.26 bits per heavy atom. The van der Waals surface area contributed by atoms with E-state index in [9.17, 15) is 0 Å². The molecule has 2 heterocycles. The van der Waals surface area contributed by atoms with E-state index in [1.807, 2.05) is 42.5 Å². The maximum absolute atomic E-state index is 6.18. The lowest BCUT2D eigenvalue weighted by atomic mass is 10.1. The summed E-state index contributed by atoms with van der Waals surface area (Å²) in [5.74, 6) is 0. The van der Waals surface area contributed by atoms with Gasteiger partial charge in [0.2, 0.25) is 5.71 Å². The number of benzene rings is 3. The lowest BCUT2D eigenvalue weighted by Gasteiger charge is -2.05. The van der Waals surface area contributed by atoms with Crippen molar-refractivity contribution in [2.45, 2.75) is 0 Å². The molecule has 23 heavy (non-hydrogen) atoms. The molecule has 3 aromatic carbocycles. The van der Waals surface area contributed by atoms with Gasteiger partial charge < -0.3 is 4.42 Å². The minimum absolute atomic E-state index is 0.728. The van der Waals surface area contributed by atoms with E-state index in [0.29, 0.717) is 0 Å². The molecule has 110 valence electrons. The predicted octanol–water partition coefficient (Wildman–Crippen LogP) is 6.18. The molecule has 5 aromatic rings. The van der Waals surface area contributed by atoms with E-state index in [0.717, 1.165) is 38.3 Å². The van der Waals surface area contributed by atoms with Gasteiger partial charge in [-0.25, -0.2) is 0 Å². The van der Waals surface area contributed by atoms with Gasteiger partial charge in [0.15, 0.2) is 0 Å². The van der Waals surface area contributed by atoms with Gasteiger partial charge in [0.1, 0.15) is 5.58 Å². The Labute approximate surface area is 137 Å². The molecule has 2 aromatic heterocycles. The molecule has 0 aliphatic rings. The molecule has 0 bridgehead atoms. The van der Waals surface area contributed by atoms with Crippen LogP contribution in [0.25, 0.3) is 38.7 Å². The number of halogens is 1. The fraction of sp³-hybridized carbons (Fsp3) is 0. The molecule has 0 atom stereocenters. The van der Waals surface area contributed by atoms with Gasteiger partial charge in [0.05, 0.1) is 10.9 Å². The van der Waals surface area contributed by atoms with Gasteiger partial charge in [0.25, 0.3) is 0 Å². The molecule has 0 aliphatic carbocycles. The van der Waals surface area contributed by atoms with Gasteiger partial charge in [-0.3, -0.25) is 4.57 Å². The second kappa shape index (κ2) is 4.64. The summed E-state index contributed by atoms with van der Waals surface area (Å²) in [4.78, 5) is 0. The number of furan rings is 1. The zero-order chi connectivity index (χ0) is 15.4. The average molecular weight is 318 g/mol. The number of hydrogen-bond donors (Lipinski definition) is 0. The van der Waals surface area contributed by atoms with Crippen molar-refractivity contribution in [2.24, 2.45) is 0 Å². The summed E-state index contributed by atoms with van der Waals surface area (Å²) in [7, 11) is 0. The van der Waals surface area contributed by atoms with Gasteiger partial charge in [0, 0.05) is 21.5 Å². The third-order valence-corrected chi connectivity index (χ3v) is 4.53. The number of para-hydroxylation sites is 2. The minimum atomic E-state index is 0.728. The van der Waals surface area contributed by atoms with E-state index < -0.39 is 0 Å². The number of aromatic nitrogens is 1. The molecule has 0 N–H and O–H groups in total. The molecular weight excluding hydrogens is 306 g/mol. The third-order valence-electron chi connectivity index (χ3n) is 4.28. The van der Waals surface area contributed by atoms with Crippen LogP contribution >= 0.6 is 11.6 Å². The molecule has 0 aliphatic heterocycles. The van der Waals surface area contributed by atoms with Gasteiger partial charge in [-0.2, -0.15) is 0 Å². The van der Waals surface area contributed by atoms with Gasteiger partial charge in [-0.15, -0.1) is 0 Å². The van der Waals surface area contributed by atoms with Gasteiger partial charge in [-0.1, -0.05) is 48.0 Å². The highest BCUT2D eigenvalue weighted by Crippen LogP contribution is 2.38. The smallest absolute Gasteiger partial charge is 0.213 e. The van der Waals surface area contributed by atoms with Crippen molar-refractivity contribution >= 4 is 44.6 Å². The van der Waals surface area contributed by atoms with E-state index in [1.165, 1.54) is 5.39 Å². The Kier molecular flexibility index (Phi) is 2.58. The van der Waals surface area contributed by atoms with Crippen molar-refractivity contribution in [3.63, 3.8) is 0 Å². The highest BCUT2D eigenvalue weighted by atomic mass is 35.5. The molecule has 0 saturated carbocycles. The standard InChI is InChI=1S/C20H12ClNO/c21-13-9-11-14(12-10-13)22-17-7-3-1-5-15(17)19-16-6-2-4-8-18(16)23-20(19)22/h1-12H. The zero-order valence-corrected chi connectivity index (χ0v) is 12.9. The van der Waals surface area contributed by atoms with Crippen LogP contribution in [0.1, 0.15) is 0 Å². The van der Waals surface area contributed by atoms with Crippen molar-refractivity contribution in [1.29, 1.82) is 0 Å². The van der Waals surface area contributed by atoms with Crippen molar-refractivity contribution in [1.82, 2.24) is 4.57 Å². The van der Waals surface area contributed by atoms with Crippen LogP contribution in [0.2, 0.25) is 5.02 Å². The van der Waals surface area contributed by atoms with Crippen LogP contribution in [-0.4, -0.2) is 4.57 Å². The summed E-state index contributed by atoms with van der Waals surface area (Å²) in [5, 5.41) is 4.23. The molecule has 0 amide bonds. The predicted molar refractivity (Wildman–Crippen MR) is 95.6 cm³/mol. The molecule has 0 fully saturated rings. The van der Waals surface area contributed by atoms with Crippen molar-refractivity contribution < 1.29 is 4.42 Å². The summed E-state index contributed by atoms with van der Waals surface area (Å²) in [6, 6.07) is 24.4. The fourth-order valence-corrected chi connectivity index (χ4v) is 3.41. The number of hydrogen-bond acceptors (Lipinski definition) is 1. The summed E-state index contributed by atoms with van der Waals surface area (Å²) >= 11 is 6.04. The Morgan fingerprint density at radius 1 is 0.739 bits per heavy atom. The average Bonchev–Trinajstić information content (AvgIpc) is 3.10. The Morgan fingerprint density at radius 2 is 1.43 bits per heavy atom. The monoisotopic (exact) mass is 317 g/mol. The quantitative estimate of drug-likeness (QED) is 0.361. The molecule has 5 rings (SSSR count).